The van der Waals surface area contributed by atoms with Crippen molar-refractivity contribution in [2.24, 2.45) is 0 Å². The fraction of sp³-hybridized carbons (Fsp3) is 0.333. The Hall–Kier alpha value is -2.51. The van der Waals surface area contributed by atoms with Crippen molar-refractivity contribution in [3.8, 4) is 0 Å². The number of nitro benzene ring substituents is 1. The minimum absolute atomic E-state index is 0.239. The molecule has 8 heteroatoms. The summed E-state index contributed by atoms with van der Waals surface area (Å²) in [5.41, 5.74) is -0.150. The van der Waals surface area contributed by atoms with Crippen LogP contribution in [-0.2, 0) is 6.54 Å². The highest BCUT2D eigenvalue weighted by atomic mass is 19.1. The standard InChI is InChI=1S/C12H11FN4O3/c13-9-4-3-8(5-10(9)17(18)19)14-6-11-15-12(16-20-11)7-1-2-7/h3-5,7,14H,1-2,6H2. The van der Waals surface area contributed by atoms with Gasteiger partial charge in [0.15, 0.2) is 5.82 Å². The molecular formula is C12H11FN4O3. The molecule has 0 spiro atoms. The molecule has 2 aromatic rings. The van der Waals surface area contributed by atoms with E-state index in [1.807, 2.05) is 0 Å². The van der Waals surface area contributed by atoms with E-state index in [0.29, 0.717) is 23.3 Å². The van der Waals surface area contributed by atoms with Crippen LogP contribution >= 0.6 is 0 Å². The molecule has 0 aliphatic heterocycles. The maximum absolute atomic E-state index is 13.2. The highest BCUT2D eigenvalue weighted by Crippen LogP contribution is 2.38. The van der Waals surface area contributed by atoms with Crippen LogP contribution in [0.15, 0.2) is 22.7 Å². The molecule has 0 atom stereocenters. The average molecular weight is 278 g/mol. The first-order valence-electron chi connectivity index (χ1n) is 6.14. The lowest BCUT2D eigenvalue weighted by molar-refractivity contribution is -0.387. The number of nitrogens with one attached hydrogen (secondary N) is 1. The van der Waals surface area contributed by atoms with Crippen LogP contribution in [0.2, 0.25) is 0 Å². The smallest absolute Gasteiger partial charge is 0.306 e. The molecule has 1 N–H and O–H groups in total. The normalized spacial score (nSPS) is 14.2. The topological polar surface area (TPSA) is 94.1 Å². The Morgan fingerprint density at radius 1 is 1.50 bits per heavy atom. The Kier molecular flexibility index (Phi) is 3.05. The molecule has 1 aliphatic carbocycles. The molecule has 1 aromatic heterocycles. The summed E-state index contributed by atoms with van der Waals surface area (Å²) in [5, 5.41) is 17.4. The van der Waals surface area contributed by atoms with Crippen molar-refractivity contribution >= 4 is 11.4 Å². The van der Waals surface area contributed by atoms with E-state index in [0.717, 1.165) is 25.0 Å². The summed E-state index contributed by atoms with van der Waals surface area (Å²) in [6.07, 6.45) is 2.16. The Balaban J connectivity index is 1.67. The second-order valence-electron chi connectivity index (χ2n) is 4.60. The molecule has 1 aliphatic rings. The van der Waals surface area contributed by atoms with E-state index in [2.05, 4.69) is 15.5 Å². The first-order chi connectivity index (χ1) is 9.63. The quantitative estimate of drug-likeness (QED) is 0.667. The van der Waals surface area contributed by atoms with Crippen LogP contribution < -0.4 is 5.32 Å². The number of hydrogen-bond donors (Lipinski definition) is 1. The minimum atomic E-state index is -0.866. The molecular weight excluding hydrogens is 267 g/mol. The van der Waals surface area contributed by atoms with Crippen LogP contribution in [0.25, 0.3) is 0 Å². The Morgan fingerprint density at radius 2 is 2.30 bits per heavy atom. The minimum Gasteiger partial charge on any atom is -0.376 e. The second-order valence-corrected chi connectivity index (χ2v) is 4.60. The lowest BCUT2D eigenvalue weighted by Crippen LogP contribution is -2.01. The van der Waals surface area contributed by atoms with Gasteiger partial charge in [-0.3, -0.25) is 10.1 Å². The fourth-order valence-corrected chi connectivity index (χ4v) is 1.79. The number of nitro groups is 1. The zero-order chi connectivity index (χ0) is 14.1. The van der Waals surface area contributed by atoms with E-state index in [4.69, 9.17) is 4.52 Å². The maximum Gasteiger partial charge on any atom is 0.306 e. The number of rotatable bonds is 5. The van der Waals surface area contributed by atoms with Crippen LogP contribution in [0.4, 0.5) is 15.8 Å². The van der Waals surface area contributed by atoms with Gasteiger partial charge in [0.05, 0.1) is 11.5 Å². The fourth-order valence-electron chi connectivity index (χ4n) is 1.79. The van der Waals surface area contributed by atoms with Gasteiger partial charge in [0.1, 0.15) is 0 Å². The van der Waals surface area contributed by atoms with Crippen LogP contribution in [0.3, 0.4) is 0 Å². The first kappa shape index (κ1) is 12.5. The molecule has 1 heterocycles. The van der Waals surface area contributed by atoms with Gasteiger partial charge in [-0.1, -0.05) is 5.16 Å². The molecule has 0 radical (unpaired) electrons. The van der Waals surface area contributed by atoms with Crippen molar-refractivity contribution < 1.29 is 13.8 Å². The lowest BCUT2D eigenvalue weighted by atomic mass is 10.2. The number of hydrogen-bond acceptors (Lipinski definition) is 6. The summed E-state index contributed by atoms with van der Waals surface area (Å²) in [6, 6.07) is 3.60. The molecule has 7 nitrogen and oxygen atoms in total. The zero-order valence-corrected chi connectivity index (χ0v) is 10.4. The van der Waals surface area contributed by atoms with E-state index in [9.17, 15) is 14.5 Å². The van der Waals surface area contributed by atoms with Crippen molar-refractivity contribution in [2.75, 3.05) is 5.32 Å². The van der Waals surface area contributed by atoms with Gasteiger partial charge in [0.2, 0.25) is 11.7 Å². The van der Waals surface area contributed by atoms with Crippen LogP contribution in [-0.4, -0.2) is 15.1 Å². The van der Waals surface area contributed by atoms with Gasteiger partial charge in [-0.15, -0.1) is 0 Å². The van der Waals surface area contributed by atoms with Crippen molar-refractivity contribution in [1.82, 2.24) is 10.1 Å². The predicted octanol–water partition coefficient (Wildman–Crippen LogP) is 2.61. The molecule has 1 saturated carbocycles. The highest BCUT2D eigenvalue weighted by Gasteiger charge is 2.28. The molecule has 3 rings (SSSR count). The monoisotopic (exact) mass is 278 g/mol. The van der Waals surface area contributed by atoms with Gasteiger partial charge < -0.3 is 9.84 Å². The third-order valence-electron chi connectivity index (χ3n) is 3.01. The van der Waals surface area contributed by atoms with Crippen molar-refractivity contribution in [2.45, 2.75) is 25.3 Å². The molecule has 1 fully saturated rings. The van der Waals surface area contributed by atoms with Gasteiger partial charge in [-0.25, -0.2) is 0 Å². The van der Waals surface area contributed by atoms with Crippen molar-refractivity contribution in [1.29, 1.82) is 0 Å². The van der Waals surface area contributed by atoms with E-state index in [-0.39, 0.29) is 6.54 Å². The highest BCUT2D eigenvalue weighted by molar-refractivity contribution is 5.51. The summed E-state index contributed by atoms with van der Waals surface area (Å²) >= 11 is 0. The van der Waals surface area contributed by atoms with Crippen molar-refractivity contribution in [3.63, 3.8) is 0 Å². The summed E-state index contributed by atoms with van der Waals surface area (Å²) in [6.45, 7) is 0.239. The number of benzene rings is 1. The number of anilines is 1. The zero-order valence-electron chi connectivity index (χ0n) is 10.4. The lowest BCUT2D eigenvalue weighted by Gasteiger charge is -2.03. The van der Waals surface area contributed by atoms with Crippen LogP contribution in [0, 0.1) is 15.9 Å². The second kappa shape index (κ2) is 4.87. The van der Waals surface area contributed by atoms with E-state index < -0.39 is 16.4 Å². The average Bonchev–Trinajstić information content (AvgIpc) is 3.17. The number of aromatic nitrogens is 2. The molecule has 0 saturated heterocycles. The van der Waals surface area contributed by atoms with Gasteiger partial charge in [-0.05, 0) is 25.0 Å². The molecule has 0 bridgehead atoms. The summed E-state index contributed by atoms with van der Waals surface area (Å²) in [4.78, 5) is 14.1. The van der Waals surface area contributed by atoms with Gasteiger partial charge in [0.25, 0.3) is 0 Å². The molecule has 20 heavy (non-hydrogen) atoms. The summed E-state index contributed by atoms with van der Waals surface area (Å²) < 4.78 is 18.2. The number of halogens is 1. The molecule has 1 aromatic carbocycles. The van der Waals surface area contributed by atoms with Crippen molar-refractivity contribution in [3.05, 3.63) is 45.8 Å². The Bertz CT molecular complexity index is 654. The third kappa shape index (κ3) is 2.58. The van der Waals surface area contributed by atoms with Gasteiger partial charge >= 0.3 is 5.69 Å². The van der Waals surface area contributed by atoms with E-state index >= 15 is 0 Å². The Morgan fingerprint density at radius 3 is 3.00 bits per heavy atom. The first-order valence-corrected chi connectivity index (χ1v) is 6.14. The van der Waals surface area contributed by atoms with E-state index in [1.165, 1.54) is 6.07 Å². The van der Waals surface area contributed by atoms with Gasteiger partial charge in [0, 0.05) is 17.7 Å². The van der Waals surface area contributed by atoms with Crippen LogP contribution in [0.5, 0.6) is 0 Å². The third-order valence-corrected chi connectivity index (χ3v) is 3.01. The van der Waals surface area contributed by atoms with Gasteiger partial charge in [-0.2, -0.15) is 9.37 Å². The number of nitrogens with zero attached hydrogens (tertiary/aromatic N) is 3. The summed E-state index contributed by atoms with van der Waals surface area (Å²) in [5.74, 6) is 0.638. The van der Waals surface area contributed by atoms with Crippen LogP contribution in [0.1, 0.15) is 30.5 Å². The predicted molar refractivity (Wildman–Crippen MR) is 66.7 cm³/mol. The van der Waals surface area contributed by atoms with E-state index in [1.54, 1.807) is 0 Å². The molecule has 104 valence electrons. The SMILES string of the molecule is O=[N+]([O-])c1cc(NCc2nc(C3CC3)no2)ccc1F. The Labute approximate surface area is 112 Å². The molecule has 0 unspecified atom stereocenters. The largest absolute Gasteiger partial charge is 0.376 e. The summed E-state index contributed by atoms with van der Waals surface area (Å²) in [7, 11) is 0. The molecule has 0 amide bonds. The maximum atomic E-state index is 13.2.